The van der Waals surface area contributed by atoms with Crippen molar-refractivity contribution in [1.82, 2.24) is 5.32 Å². The molecule has 2 aliphatic rings. The number of rotatable bonds is 3. The summed E-state index contributed by atoms with van der Waals surface area (Å²) < 4.78 is 0. The zero-order valence-corrected chi connectivity index (χ0v) is 11.8. The molecule has 0 aromatic heterocycles. The van der Waals surface area contributed by atoms with E-state index in [1.165, 1.54) is 31.2 Å². The molecule has 102 valence electrons. The number of fused-ring (bicyclic) bond motifs is 1. The fraction of sp³-hybridized carbons (Fsp3) is 0.562. The van der Waals surface area contributed by atoms with E-state index < -0.39 is 5.41 Å². The highest BCUT2D eigenvalue weighted by Gasteiger charge is 2.38. The van der Waals surface area contributed by atoms with E-state index in [9.17, 15) is 4.79 Å². The van der Waals surface area contributed by atoms with E-state index in [4.69, 9.17) is 0 Å². The van der Waals surface area contributed by atoms with Crippen LogP contribution in [0.25, 0.3) is 0 Å². The number of carbonyl (C=O) groups excluding carboxylic acids is 1. The molecule has 0 radical (unpaired) electrons. The molecule has 1 amide bonds. The summed E-state index contributed by atoms with van der Waals surface area (Å²) in [4.78, 5) is 11.9. The molecular formula is C16H22N2O. The molecule has 1 aliphatic heterocycles. The van der Waals surface area contributed by atoms with Crippen LogP contribution in [0.4, 0.5) is 5.69 Å². The first-order valence-electron chi connectivity index (χ1n) is 7.25. The molecule has 2 N–H and O–H groups in total. The minimum Gasteiger partial charge on any atom is -0.325 e. The Morgan fingerprint density at radius 1 is 1.32 bits per heavy atom. The minimum absolute atomic E-state index is 0.100. The van der Waals surface area contributed by atoms with E-state index >= 15 is 0 Å². The van der Waals surface area contributed by atoms with Crippen LogP contribution >= 0.6 is 0 Å². The monoisotopic (exact) mass is 258 g/mol. The number of hydrogen-bond acceptors (Lipinski definition) is 2. The summed E-state index contributed by atoms with van der Waals surface area (Å²) >= 11 is 0. The van der Waals surface area contributed by atoms with Gasteiger partial charge in [0.15, 0.2) is 0 Å². The van der Waals surface area contributed by atoms with E-state index in [1.807, 2.05) is 19.9 Å². The first-order valence-corrected chi connectivity index (χ1v) is 7.25. The molecule has 3 heteroatoms. The van der Waals surface area contributed by atoms with Crippen molar-refractivity contribution in [2.45, 2.75) is 57.5 Å². The number of benzene rings is 1. The van der Waals surface area contributed by atoms with Crippen LogP contribution in [0, 0.1) is 0 Å². The standard InChI is InChI=1S/C16H22N2O/c1-16(2)13-9-11(7-8-14(13)18-15(16)19)10-17-12-5-3-4-6-12/h7-9,12,17H,3-6,10H2,1-2H3,(H,18,19). The van der Waals surface area contributed by atoms with Gasteiger partial charge in [-0.25, -0.2) is 0 Å². The molecule has 1 fully saturated rings. The zero-order chi connectivity index (χ0) is 13.5. The molecule has 1 heterocycles. The predicted octanol–water partition coefficient (Wildman–Crippen LogP) is 2.95. The lowest BCUT2D eigenvalue weighted by molar-refractivity contribution is -0.119. The maximum absolute atomic E-state index is 11.9. The van der Waals surface area contributed by atoms with Gasteiger partial charge in [-0.1, -0.05) is 25.0 Å². The normalized spacial score (nSPS) is 21.5. The van der Waals surface area contributed by atoms with Gasteiger partial charge in [0.25, 0.3) is 0 Å². The highest BCUT2D eigenvalue weighted by molar-refractivity contribution is 6.05. The van der Waals surface area contributed by atoms with Gasteiger partial charge in [0.1, 0.15) is 0 Å². The van der Waals surface area contributed by atoms with Gasteiger partial charge in [-0.3, -0.25) is 4.79 Å². The van der Waals surface area contributed by atoms with Gasteiger partial charge in [-0.15, -0.1) is 0 Å². The SMILES string of the molecule is CC1(C)C(=O)Nc2ccc(CNC3CCCC3)cc21. The number of amides is 1. The molecule has 1 aromatic carbocycles. The Balaban J connectivity index is 1.74. The minimum atomic E-state index is -0.404. The third-order valence-corrected chi connectivity index (χ3v) is 4.52. The van der Waals surface area contributed by atoms with Crippen LogP contribution in [0.15, 0.2) is 18.2 Å². The van der Waals surface area contributed by atoms with Crippen LogP contribution in [0.2, 0.25) is 0 Å². The van der Waals surface area contributed by atoms with Crippen molar-refractivity contribution in [2.24, 2.45) is 0 Å². The van der Waals surface area contributed by atoms with Gasteiger partial charge in [0, 0.05) is 18.3 Å². The van der Waals surface area contributed by atoms with Gasteiger partial charge >= 0.3 is 0 Å². The molecule has 19 heavy (non-hydrogen) atoms. The Bertz CT molecular complexity index is 501. The van der Waals surface area contributed by atoms with Gasteiger partial charge < -0.3 is 10.6 Å². The van der Waals surface area contributed by atoms with Crippen LogP contribution in [-0.4, -0.2) is 11.9 Å². The van der Waals surface area contributed by atoms with E-state index in [0.717, 1.165) is 17.8 Å². The summed E-state index contributed by atoms with van der Waals surface area (Å²) in [5.74, 6) is 0.100. The first-order chi connectivity index (χ1) is 9.07. The van der Waals surface area contributed by atoms with E-state index in [-0.39, 0.29) is 5.91 Å². The quantitative estimate of drug-likeness (QED) is 0.875. The lowest BCUT2D eigenvalue weighted by Gasteiger charge is -2.17. The van der Waals surface area contributed by atoms with Crippen molar-refractivity contribution in [2.75, 3.05) is 5.32 Å². The summed E-state index contributed by atoms with van der Waals surface area (Å²) in [5.41, 5.74) is 2.97. The number of anilines is 1. The summed E-state index contributed by atoms with van der Waals surface area (Å²) in [6, 6.07) is 7.01. The largest absolute Gasteiger partial charge is 0.325 e. The van der Waals surface area contributed by atoms with E-state index in [0.29, 0.717) is 6.04 Å². The average molecular weight is 258 g/mol. The van der Waals surface area contributed by atoms with Crippen LogP contribution in [-0.2, 0) is 16.8 Å². The molecule has 3 nitrogen and oxygen atoms in total. The van der Waals surface area contributed by atoms with Crippen molar-refractivity contribution in [3.8, 4) is 0 Å². The molecule has 1 aromatic rings. The average Bonchev–Trinajstić information content (AvgIpc) is 2.96. The number of nitrogens with one attached hydrogen (secondary N) is 2. The fourth-order valence-corrected chi connectivity index (χ4v) is 3.12. The summed E-state index contributed by atoms with van der Waals surface area (Å²) in [5, 5.41) is 6.58. The van der Waals surface area contributed by atoms with E-state index in [2.05, 4.69) is 22.8 Å². The van der Waals surface area contributed by atoms with Crippen molar-refractivity contribution >= 4 is 11.6 Å². The molecule has 1 saturated carbocycles. The zero-order valence-electron chi connectivity index (χ0n) is 11.8. The second kappa shape index (κ2) is 4.64. The van der Waals surface area contributed by atoms with Crippen LogP contribution in [0.3, 0.4) is 0 Å². The maximum atomic E-state index is 11.9. The molecule has 0 atom stereocenters. The van der Waals surface area contributed by atoms with Gasteiger partial charge in [0.2, 0.25) is 5.91 Å². The van der Waals surface area contributed by atoms with Crippen LogP contribution < -0.4 is 10.6 Å². The number of carbonyl (C=O) groups is 1. The van der Waals surface area contributed by atoms with Crippen LogP contribution in [0.5, 0.6) is 0 Å². The first kappa shape index (κ1) is 12.7. The molecule has 0 spiro atoms. The Morgan fingerprint density at radius 2 is 2.05 bits per heavy atom. The van der Waals surface area contributed by atoms with Gasteiger partial charge in [-0.2, -0.15) is 0 Å². The lowest BCUT2D eigenvalue weighted by atomic mass is 9.85. The summed E-state index contributed by atoms with van der Waals surface area (Å²) in [6.07, 6.45) is 5.31. The Kier molecular flexibility index (Phi) is 3.09. The van der Waals surface area contributed by atoms with Crippen molar-refractivity contribution in [3.05, 3.63) is 29.3 Å². The summed E-state index contributed by atoms with van der Waals surface area (Å²) in [7, 11) is 0. The second-order valence-electron chi connectivity index (χ2n) is 6.32. The molecular weight excluding hydrogens is 236 g/mol. The van der Waals surface area contributed by atoms with Gasteiger partial charge in [-0.05, 0) is 43.9 Å². The predicted molar refractivity (Wildman–Crippen MR) is 77.2 cm³/mol. The topological polar surface area (TPSA) is 41.1 Å². The lowest BCUT2D eigenvalue weighted by Crippen LogP contribution is -2.27. The molecule has 0 bridgehead atoms. The Morgan fingerprint density at radius 3 is 2.79 bits per heavy atom. The van der Waals surface area contributed by atoms with Crippen molar-refractivity contribution in [3.63, 3.8) is 0 Å². The highest BCUT2D eigenvalue weighted by Crippen LogP contribution is 2.37. The second-order valence-corrected chi connectivity index (χ2v) is 6.32. The molecule has 0 saturated heterocycles. The number of hydrogen-bond donors (Lipinski definition) is 2. The third kappa shape index (κ3) is 2.27. The van der Waals surface area contributed by atoms with Crippen molar-refractivity contribution in [1.29, 1.82) is 0 Å². The highest BCUT2D eigenvalue weighted by atomic mass is 16.2. The van der Waals surface area contributed by atoms with E-state index in [1.54, 1.807) is 0 Å². The third-order valence-electron chi connectivity index (χ3n) is 4.52. The molecule has 0 unspecified atom stereocenters. The fourth-order valence-electron chi connectivity index (χ4n) is 3.12. The molecule has 3 rings (SSSR count). The van der Waals surface area contributed by atoms with Crippen LogP contribution in [0.1, 0.15) is 50.7 Å². The Labute approximate surface area is 114 Å². The van der Waals surface area contributed by atoms with Crippen molar-refractivity contribution < 1.29 is 4.79 Å². The van der Waals surface area contributed by atoms with Gasteiger partial charge in [0.05, 0.1) is 5.41 Å². The molecule has 1 aliphatic carbocycles. The maximum Gasteiger partial charge on any atom is 0.234 e. The smallest absolute Gasteiger partial charge is 0.234 e. The summed E-state index contributed by atoms with van der Waals surface area (Å²) in [6.45, 7) is 4.88. The Hall–Kier alpha value is -1.35.